The van der Waals surface area contributed by atoms with Crippen molar-refractivity contribution in [2.45, 2.75) is 38.8 Å². The molecule has 0 spiro atoms. The lowest BCUT2D eigenvalue weighted by Crippen LogP contribution is -2.49. The maximum atomic E-state index is 5.96. The Balaban J connectivity index is 2.37. The van der Waals surface area contributed by atoms with Crippen molar-refractivity contribution in [3.05, 3.63) is 29.8 Å². The van der Waals surface area contributed by atoms with E-state index in [1.54, 1.807) is 0 Å². The third-order valence-electron chi connectivity index (χ3n) is 4.50. The van der Waals surface area contributed by atoms with Gasteiger partial charge in [0, 0.05) is 36.9 Å². The van der Waals surface area contributed by atoms with Crippen LogP contribution in [0.1, 0.15) is 25.8 Å². The highest BCUT2D eigenvalue weighted by Crippen LogP contribution is 2.32. The van der Waals surface area contributed by atoms with Crippen molar-refractivity contribution in [1.29, 1.82) is 0 Å². The lowest BCUT2D eigenvalue weighted by Gasteiger charge is -2.40. The molecule has 1 heterocycles. The van der Waals surface area contributed by atoms with Gasteiger partial charge >= 0.3 is 0 Å². The molecule has 106 valence electrons. The third kappa shape index (κ3) is 2.93. The van der Waals surface area contributed by atoms with Gasteiger partial charge in [-0.3, -0.25) is 0 Å². The van der Waals surface area contributed by atoms with E-state index in [-0.39, 0.29) is 5.54 Å². The summed E-state index contributed by atoms with van der Waals surface area (Å²) in [4.78, 5) is 4.95. The fourth-order valence-electron chi connectivity index (χ4n) is 2.91. The van der Waals surface area contributed by atoms with Crippen LogP contribution in [0.3, 0.4) is 0 Å². The fourth-order valence-corrected chi connectivity index (χ4v) is 2.91. The van der Waals surface area contributed by atoms with E-state index in [0.717, 1.165) is 26.1 Å². The summed E-state index contributed by atoms with van der Waals surface area (Å²) < 4.78 is 0. The van der Waals surface area contributed by atoms with Crippen molar-refractivity contribution in [1.82, 2.24) is 4.90 Å². The van der Waals surface area contributed by atoms with Gasteiger partial charge in [0.05, 0.1) is 0 Å². The first kappa shape index (κ1) is 14.4. The first-order valence-electron chi connectivity index (χ1n) is 7.19. The minimum atomic E-state index is 0.171. The monoisotopic (exact) mass is 261 g/mol. The molecule has 0 saturated carbocycles. The minimum absolute atomic E-state index is 0.171. The summed E-state index contributed by atoms with van der Waals surface area (Å²) in [6.45, 7) is 9.70. The van der Waals surface area contributed by atoms with E-state index in [1.165, 1.54) is 11.3 Å². The molecular weight excluding hydrogens is 234 g/mol. The van der Waals surface area contributed by atoms with Gasteiger partial charge in [-0.05, 0) is 45.9 Å². The molecule has 0 aliphatic carbocycles. The highest BCUT2D eigenvalue weighted by Gasteiger charge is 2.34. The van der Waals surface area contributed by atoms with Crippen molar-refractivity contribution in [3.63, 3.8) is 0 Å². The van der Waals surface area contributed by atoms with Crippen LogP contribution in [0.15, 0.2) is 24.3 Å². The molecule has 1 aliphatic heterocycles. The van der Waals surface area contributed by atoms with Crippen LogP contribution in [0, 0.1) is 6.92 Å². The van der Waals surface area contributed by atoms with Gasteiger partial charge in [-0.1, -0.05) is 18.2 Å². The second-order valence-electron chi connectivity index (χ2n) is 6.33. The van der Waals surface area contributed by atoms with Gasteiger partial charge in [0.25, 0.3) is 0 Å². The Morgan fingerprint density at radius 2 is 2.00 bits per heavy atom. The number of likely N-dealkylation sites (N-methyl/N-ethyl adjacent to an activating group) is 1. The molecule has 0 amide bonds. The van der Waals surface area contributed by atoms with Gasteiger partial charge in [0.15, 0.2) is 0 Å². The van der Waals surface area contributed by atoms with Gasteiger partial charge in [0.1, 0.15) is 0 Å². The summed E-state index contributed by atoms with van der Waals surface area (Å²) in [6.07, 6.45) is 1.16. The molecule has 1 unspecified atom stereocenters. The number of benzene rings is 1. The SMILES string of the molecule is Cc1ccccc1N1CC(CN)N(C)CCC1(C)C. The van der Waals surface area contributed by atoms with E-state index in [2.05, 4.69) is 61.9 Å². The second-order valence-corrected chi connectivity index (χ2v) is 6.33. The number of para-hydroxylation sites is 1. The van der Waals surface area contributed by atoms with Crippen molar-refractivity contribution >= 4 is 5.69 Å². The van der Waals surface area contributed by atoms with E-state index >= 15 is 0 Å². The molecule has 1 aromatic carbocycles. The number of nitrogens with two attached hydrogens (primary N) is 1. The Bertz CT molecular complexity index is 428. The van der Waals surface area contributed by atoms with Crippen molar-refractivity contribution in [2.75, 3.05) is 31.6 Å². The Morgan fingerprint density at radius 1 is 1.32 bits per heavy atom. The number of nitrogens with zero attached hydrogens (tertiary/aromatic N) is 2. The smallest absolute Gasteiger partial charge is 0.0400 e. The second kappa shape index (κ2) is 5.51. The van der Waals surface area contributed by atoms with Gasteiger partial charge < -0.3 is 15.5 Å². The lowest BCUT2D eigenvalue weighted by atomic mass is 9.96. The van der Waals surface area contributed by atoms with E-state index < -0.39 is 0 Å². The molecule has 19 heavy (non-hydrogen) atoms. The van der Waals surface area contributed by atoms with Crippen molar-refractivity contribution in [3.8, 4) is 0 Å². The Kier molecular flexibility index (Phi) is 4.16. The lowest BCUT2D eigenvalue weighted by molar-refractivity contribution is 0.263. The molecule has 3 nitrogen and oxygen atoms in total. The third-order valence-corrected chi connectivity index (χ3v) is 4.50. The molecule has 0 radical (unpaired) electrons. The molecule has 1 aromatic rings. The quantitative estimate of drug-likeness (QED) is 0.886. The molecule has 0 aromatic heterocycles. The summed E-state index contributed by atoms with van der Waals surface area (Å²) in [5.74, 6) is 0. The normalized spacial score (nSPS) is 24.3. The van der Waals surface area contributed by atoms with Gasteiger partial charge in [-0.15, -0.1) is 0 Å². The first-order valence-corrected chi connectivity index (χ1v) is 7.19. The summed E-state index contributed by atoms with van der Waals surface area (Å²) >= 11 is 0. The summed E-state index contributed by atoms with van der Waals surface area (Å²) in [6, 6.07) is 9.09. The zero-order valence-electron chi connectivity index (χ0n) is 12.7. The zero-order chi connectivity index (χ0) is 14.0. The predicted octanol–water partition coefficient (Wildman–Crippen LogP) is 2.24. The van der Waals surface area contributed by atoms with Gasteiger partial charge in [-0.25, -0.2) is 0 Å². The molecule has 2 rings (SSSR count). The molecule has 3 heteroatoms. The van der Waals surface area contributed by atoms with Gasteiger partial charge in [-0.2, -0.15) is 0 Å². The topological polar surface area (TPSA) is 32.5 Å². The predicted molar refractivity (Wildman–Crippen MR) is 82.7 cm³/mol. The highest BCUT2D eigenvalue weighted by molar-refractivity contribution is 5.55. The Labute approximate surface area is 117 Å². The van der Waals surface area contributed by atoms with Crippen molar-refractivity contribution < 1.29 is 0 Å². The first-order chi connectivity index (χ1) is 8.95. The van der Waals surface area contributed by atoms with Crippen LogP contribution < -0.4 is 10.6 Å². The van der Waals surface area contributed by atoms with E-state index in [9.17, 15) is 0 Å². The Morgan fingerprint density at radius 3 is 2.63 bits per heavy atom. The molecule has 2 N–H and O–H groups in total. The fraction of sp³-hybridized carbons (Fsp3) is 0.625. The van der Waals surface area contributed by atoms with Crippen LogP contribution >= 0.6 is 0 Å². The maximum Gasteiger partial charge on any atom is 0.0400 e. The summed E-state index contributed by atoms with van der Waals surface area (Å²) in [5.41, 5.74) is 8.82. The minimum Gasteiger partial charge on any atom is -0.365 e. The van der Waals surface area contributed by atoms with Crippen LogP contribution in [0.2, 0.25) is 0 Å². The highest BCUT2D eigenvalue weighted by atomic mass is 15.3. The van der Waals surface area contributed by atoms with Crippen LogP contribution in [0.25, 0.3) is 0 Å². The number of rotatable bonds is 2. The van der Waals surface area contributed by atoms with Crippen molar-refractivity contribution in [2.24, 2.45) is 5.73 Å². The van der Waals surface area contributed by atoms with Crippen LogP contribution in [0.4, 0.5) is 5.69 Å². The number of hydrogen-bond donors (Lipinski definition) is 1. The largest absolute Gasteiger partial charge is 0.365 e. The molecular formula is C16H27N3. The van der Waals surface area contributed by atoms with Crippen LogP contribution in [0.5, 0.6) is 0 Å². The zero-order valence-corrected chi connectivity index (χ0v) is 12.7. The molecule has 1 saturated heterocycles. The molecule has 1 fully saturated rings. The average molecular weight is 261 g/mol. The summed E-state index contributed by atoms with van der Waals surface area (Å²) in [7, 11) is 2.19. The van der Waals surface area contributed by atoms with Crippen LogP contribution in [-0.2, 0) is 0 Å². The standard InChI is InChI=1S/C16H27N3/c1-13-7-5-6-8-15(13)19-12-14(11-17)18(4)10-9-16(19,2)3/h5-8,14H,9-12,17H2,1-4H3. The average Bonchev–Trinajstić information content (AvgIpc) is 2.49. The van der Waals surface area contributed by atoms with Gasteiger partial charge in [0.2, 0.25) is 0 Å². The van der Waals surface area contributed by atoms with E-state index in [1.807, 2.05) is 0 Å². The molecule has 1 aliphatic rings. The van der Waals surface area contributed by atoms with Crippen LogP contribution in [-0.4, -0.2) is 43.2 Å². The number of anilines is 1. The summed E-state index contributed by atoms with van der Waals surface area (Å²) in [5, 5.41) is 0. The number of hydrogen-bond acceptors (Lipinski definition) is 3. The van der Waals surface area contributed by atoms with E-state index in [0.29, 0.717) is 6.04 Å². The van der Waals surface area contributed by atoms with E-state index in [4.69, 9.17) is 5.73 Å². The number of aryl methyl sites for hydroxylation is 1. The molecule has 0 bridgehead atoms. The maximum absolute atomic E-state index is 5.96. The molecule has 1 atom stereocenters. The Hall–Kier alpha value is -1.06.